The van der Waals surface area contributed by atoms with Crippen molar-refractivity contribution in [1.29, 1.82) is 0 Å². The summed E-state index contributed by atoms with van der Waals surface area (Å²) < 4.78 is 2.15. The fraction of sp³-hybridized carbons (Fsp3) is 0.750. The fourth-order valence-electron chi connectivity index (χ4n) is 2.27. The lowest BCUT2D eigenvalue weighted by Gasteiger charge is -2.25. The number of rotatable bonds is 4. The number of anilines is 1. The van der Waals surface area contributed by atoms with E-state index in [0.717, 1.165) is 36.7 Å². The van der Waals surface area contributed by atoms with Gasteiger partial charge in [0.05, 0.1) is 17.1 Å². The molecule has 0 unspecified atom stereocenters. The number of aromatic nitrogens is 2. The van der Waals surface area contributed by atoms with Crippen molar-refractivity contribution in [1.82, 2.24) is 9.78 Å². The molecule has 2 N–H and O–H groups in total. The molecule has 0 radical (unpaired) electrons. The molecule has 1 aromatic rings. The van der Waals surface area contributed by atoms with E-state index in [1.807, 2.05) is 0 Å². The van der Waals surface area contributed by atoms with Gasteiger partial charge in [0.25, 0.3) is 0 Å². The van der Waals surface area contributed by atoms with Crippen LogP contribution in [0.5, 0.6) is 0 Å². The highest BCUT2D eigenvalue weighted by Crippen LogP contribution is 2.29. The van der Waals surface area contributed by atoms with Gasteiger partial charge in [0.15, 0.2) is 0 Å². The first-order chi connectivity index (χ1) is 7.26. The zero-order valence-electron chi connectivity index (χ0n) is 9.79. The fourth-order valence-corrected chi connectivity index (χ4v) is 2.27. The van der Waals surface area contributed by atoms with E-state index in [4.69, 9.17) is 5.73 Å². The average Bonchev–Trinajstić information content (AvgIpc) is 2.48. The molecule has 0 amide bonds. The second-order valence-electron chi connectivity index (χ2n) is 4.49. The average molecular weight is 207 g/mol. The first-order valence-corrected chi connectivity index (χ1v) is 6.10. The molecule has 1 heterocycles. The van der Waals surface area contributed by atoms with Crippen LogP contribution in [0.4, 0.5) is 5.69 Å². The monoisotopic (exact) mass is 207 g/mol. The smallest absolute Gasteiger partial charge is 0.0854 e. The van der Waals surface area contributed by atoms with Crippen molar-refractivity contribution >= 4 is 5.69 Å². The highest BCUT2D eigenvalue weighted by atomic mass is 15.3. The summed E-state index contributed by atoms with van der Waals surface area (Å²) in [5, 5.41) is 4.61. The molecule has 0 aromatic carbocycles. The van der Waals surface area contributed by atoms with Gasteiger partial charge >= 0.3 is 0 Å². The first kappa shape index (κ1) is 10.5. The SMILES string of the molecule is CCc1nn(CC2CCC2)c(CC)c1N. The van der Waals surface area contributed by atoms with Gasteiger partial charge < -0.3 is 5.73 Å². The van der Waals surface area contributed by atoms with E-state index in [-0.39, 0.29) is 0 Å². The van der Waals surface area contributed by atoms with Crippen molar-refractivity contribution in [3.8, 4) is 0 Å². The summed E-state index contributed by atoms with van der Waals surface area (Å²) in [6.45, 7) is 5.35. The lowest BCUT2D eigenvalue weighted by atomic mass is 9.85. The topological polar surface area (TPSA) is 43.8 Å². The number of aryl methyl sites for hydroxylation is 1. The van der Waals surface area contributed by atoms with Gasteiger partial charge in [-0.25, -0.2) is 0 Å². The Bertz CT molecular complexity index is 337. The summed E-state index contributed by atoms with van der Waals surface area (Å²) in [6, 6.07) is 0. The third kappa shape index (κ3) is 1.87. The molecule has 84 valence electrons. The Labute approximate surface area is 91.7 Å². The van der Waals surface area contributed by atoms with Crippen molar-refractivity contribution in [2.45, 2.75) is 52.5 Å². The standard InChI is InChI=1S/C12H21N3/c1-3-10-12(13)11(4-2)15(14-10)8-9-6-5-7-9/h9H,3-8,13H2,1-2H3. The van der Waals surface area contributed by atoms with Crippen LogP contribution in [0.1, 0.15) is 44.5 Å². The summed E-state index contributed by atoms with van der Waals surface area (Å²) >= 11 is 0. The van der Waals surface area contributed by atoms with E-state index in [1.54, 1.807) is 0 Å². The van der Waals surface area contributed by atoms with E-state index in [0.29, 0.717) is 0 Å². The van der Waals surface area contributed by atoms with Crippen molar-refractivity contribution in [3.63, 3.8) is 0 Å². The Hall–Kier alpha value is -0.990. The molecule has 3 nitrogen and oxygen atoms in total. The zero-order valence-corrected chi connectivity index (χ0v) is 9.79. The molecular weight excluding hydrogens is 186 g/mol. The Morgan fingerprint density at radius 3 is 2.53 bits per heavy atom. The maximum atomic E-state index is 6.08. The Balaban J connectivity index is 2.20. The molecule has 1 aliphatic rings. The van der Waals surface area contributed by atoms with Gasteiger partial charge in [-0.15, -0.1) is 0 Å². The first-order valence-electron chi connectivity index (χ1n) is 6.10. The molecule has 0 spiro atoms. The van der Waals surface area contributed by atoms with Crippen LogP contribution in [0.15, 0.2) is 0 Å². The quantitative estimate of drug-likeness (QED) is 0.824. The van der Waals surface area contributed by atoms with Crippen LogP contribution in [0.25, 0.3) is 0 Å². The summed E-state index contributed by atoms with van der Waals surface area (Å²) in [5.74, 6) is 0.847. The molecule has 0 atom stereocenters. The maximum absolute atomic E-state index is 6.08. The second kappa shape index (κ2) is 4.25. The summed E-state index contributed by atoms with van der Waals surface area (Å²) in [4.78, 5) is 0. The molecule has 0 aliphatic heterocycles. The van der Waals surface area contributed by atoms with Gasteiger partial charge in [0, 0.05) is 6.54 Å². The highest BCUT2D eigenvalue weighted by molar-refractivity contribution is 5.48. The third-order valence-corrected chi connectivity index (χ3v) is 3.50. The van der Waals surface area contributed by atoms with Crippen molar-refractivity contribution in [2.24, 2.45) is 5.92 Å². The van der Waals surface area contributed by atoms with Crippen LogP contribution in [0.2, 0.25) is 0 Å². The van der Waals surface area contributed by atoms with Crippen LogP contribution >= 0.6 is 0 Å². The summed E-state index contributed by atoms with van der Waals surface area (Å²) in [7, 11) is 0. The number of nitrogens with zero attached hydrogens (tertiary/aromatic N) is 2. The predicted octanol–water partition coefficient (Wildman–Crippen LogP) is 2.39. The largest absolute Gasteiger partial charge is 0.396 e. The molecule has 3 heteroatoms. The van der Waals surface area contributed by atoms with Crippen molar-refractivity contribution in [2.75, 3.05) is 5.73 Å². The van der Waals surface area contributed by atoms with E-state index in [9.17, 15) is 0 Å². The third-order valence-electron chi connectivity index (χ3n) is 3.50. The minimum absolute atomic E-state index is 0.847. The van der Waals surface area contributed by atoms with Gasteiger partial charge in [-0.2, -0.15) is 5.10 Å². The van der Waals surface area contributed by atoms with E-state index in [2.05, 4.69) is 23.6 Å². The molecular formula is C12H21N3. The lowest BCUT2D eigenvalue weighted by molar-refractivity contribution is 0.263. The minimum atomic E-state index is 0.847. The molecule has 15 heavy (non-hydrogen) atoms. The van der Waals surface area contributed by atoms with Gasteiger partial charge in [0.2, 0.25) is 0 Å². The van der Waals surface area contributed by atoms with Gasteiger partial charge in [-0.1, -0.05) is 20.3 Å². The van der Waals surface area contributed by atoms with Crippen LogP contribution in [-0.2, 0) is 19.4 Å². The van der Waals surface area contributed by atoms with Crippen LogP contribution in [0, 0.1) is 5.92 Å². The van der Waals surface area contributed by atoms with Gasteiger partial charge in [-0.05, 0) is 31.6 Å². The molecule has 1 fully saturated rings. The molecule has 1 aliphatic carbocycles. The predicted molar refractivity (Wildman–Crippen MR) is 62.7 cm³/mol. The number of hydrogen-bond acceptors (Lipinski definition) is 2. The molecule has 0 saturated heterocycles. The second-order valence-corrected chi connectivity index (χ2v) is 4.49. The maximum Gasteiger partial charge on any atom is 0.0854 e. The van der Waals surface area contributed by atoms with Crippen LogP contribution in [0.3, 0.4) is 0 Å². The number of nitrogens with two attached hydrogens (primary N) is 1. The van der Waals surface area contributed by atoms with Crippen molar-refractivity contribution < 1.29 is 0 Å². The summed E-state index contributed by atoms with van der Waals surface area (Å²) in [5.41, 5.74) is 9.32. The number of hydrogen-bond donors (Lipinski definition) is 1. The van der Waals surface area contributed by atoms with E-state index in [1.165, 1.54) is 25.0 Å². The van der Waals surface area contributed by atoms with Crippen LogP contribution < -0.4 is 5.73 Å². The summed E-state index contributed by atoms with van der Waals surface area (Å²) in [6.07, 6.45) is 6.06. The Morgan fingerprint density at radius 2 is 2.07 bits per heavy atom. The zero-order chi connectivity index (χ0) is 10.8. The van der Waals surface area contributed by atoms with Crippen LogP contribution in [-0.4, -0.2) is 9.78 Å². The van der Waals surface area contributed by atoms with E-state index >= 15 is 0 Å². The lowest BCUT2D eigenvalue weighted by Crippen LogP contribution is -2.20. The minimum Gasteiger partial charge on any atom is -0.396 e. The molecule has 1 saturated carbocycles. The van der Waals surface area contributed by atoms with Gasteiger partial charge in [-0.3, -0.25) is 4.68 Å². The molecule has 1 aromatic heterocycles. The molecule has 2 rings (SSSR count). The highest BCUT2D eigenvalue weighted by Gasteiger charge is 2.21. The Kier molecular flexibility index (Phi) is 2.98. The Morgan fingerprint density at radius 1 is 1.33 bits per heavy atom. The normalized spacial score (nSPS) is 16.7. The van der Waals surface area contributed by atoms with Gasteiger partial charge in [0.1, 0.15) is 0 Å². The van der Waals surface area contributed by atoms with Crippen molar-refractivity contribution in [3.05, 3.63) is 11.4 Å². The molecule has 0 bridgehead atoms. The number of nitrogen functional groups attached to an aromatic ring is 1. The van der Waals surface area contributed by atoms with E-state index < -0.39 is 0 Å².